The van der Waals surface area contributed by atoms with Crippen molar-refractivity contribution in [3.63, 3.8) is 0 Å². The summed E-state index contributed by atoms with van der Waals surface area (Å²) in [7, 11) is 0. The van der Waals surface area contributed by atoms with Crippen molar-refractivity contribution in [3.05, 3.63) is 18.2 Å². The average molecular weight is 226 g/mol. The van der Waals surface area contributed by atoms with Crippen molar-refractivity contribution in [2.24, 2.45) is 0 Å². The van der Waals surface area contributed by atoms with Gasteiger partial charge in [0.15, 0.2) is 0 Å². The third-order valence-corrected chi connectivity index (χ3v) is 2.62. The Bertz CT molecular complexity index is 311. The van der Waals surface area contributed by atoms with E-state index in [0.29, 0.717) is 0 Å². The van der Waals surface area contributed by atoms with Crippen molar-refractivity contribution in [2.75, 3.05) is 0 Å². The van der Waals surface area contributed by atoms with Gasteiger partial charge in [0.2, 0.25) is 0 Å². The normalized spacial score (nSPS) is 11.7. The van der Waals surface area contributed by atoms with Crippen LogP contribution in [-0.2, 0) is 0 Å². The number of aromatic hydroxyl groups is 1. The second-order valence-corrected chi connectivity index (χ2v) is 3.73. The van der Waals surface area contributed by atoms with Crippen molar-refractivity contribution < 1.29 is 18.3 Å². The molecule has 1 aromatic rings. The van der Waals surface area contributed by atoms with E-state index >= 15 is 0 Å². The van der Waals surface area contributed by atoms with Crippen LogP contribution < -0.4 is 0 Å². The summed E-state index contributed by atoms with van der Waals surface area (Å²) in [4.78, 5) is -0.152. The Morgan fingerprint density at radius 3 is 2.46 bits per heavy atom. The van der Waals surface area contributed by atoms with Crippen LogP contribution >= 0.6 is 24.4 Å². The molecule has 0 bridgehead atoms. The van der Waals surface area contributed by atoms with E-state index in [-0.39, 0.29) is 27.3 Å². The molecule has 0 aromatic heterocycles. The molecule has 0 atom stereocenters. The Morgan fingerprint density at radius 2 is 1.92 bits per heavy atom. The number of rotatable bonds is 1. The number of halogens is 3. The van der Waals surface area contributed by atoms with Gasteiger partial charge in [0.1, 0.15) is 5.75 Å². The molecule has 6 heteroatoms. The van der Waals surface area contributed by atoms with Crippen LogP contribution in [0, 0.1) is 0 Å². The first-order valence-corrected chi connectivity index (χ1v) is 4.43. The molecular weight excluding hydrogens is 221 g/mol. The van der Waals surface area contributed by atoms with E-state index in [1.165, 1.54) is 18.2 Å². The molecule has 0 spiro atoms. The first-order valence-electron chi connectivity index (χ1n) is 3.17. The SMILES string of the molecule is Oc1cccc(SC(F)(F)F)c1S. The van der Waals surface area contributed by atoms with E-state index in [9.17, 15) is 13.2 Å². The summed E-state index contributed by atoms with van der Waals surface area (Å²) in [5, 5.41) is 9.04. The molecule has 0 radical (unpaired) electrons. The minimum Gasteiger partial charge on any atom is -0.507 e. The van der Waals surface area contributed by atoms with E-state index in [1.54, 1.807) is 0 Å². The minimum absolute atomic E-state index is 0.0511. The zero-order valence-corrected chi connectivity index (χ0v) is 7.88. The Morgan fingerprint density at radius 1 is 1.31 bits per heavy atom. The first kappa shape index (κ1) is 10.6. The number of thioether (sulfide) groups is 1. The average Bonchev–Trinajstić information content (AvgIpc) is 1.96. The molecule has 0 saturated carbocycles. The smallest absolute Gasteiger partial charge is 0.446 e. The Kier molecular flexibility index (Phi) is 3.02. The van der Waals surface area contributed by atoms with Gasteiger partial charge in [-0.3, -0.25) is 0 Å². The molecule has 13 heavy (non-hydrogen) atoms. The summed E-state index contributed by atoms with van der Waals surface area (Å²) in [6.45, 7) is 0. The second kappa shape index (κ2) is 3.71. The fourth-order valence-electron chi connectivity index (χ4n) is 0.718. The minimum atomic E-state index is -4.36. The fourth-order valence-corrected chi connectivity index (χ4v) is 1.60. The van der Waals surface area contributed by atoms with Crippen LogP contribution in [0.25, 0.3) is 0 Å². The second-order valence-electron chi connectivity index (χ2n) is 2.17. The molecule has 1 aromatic carbocycles. The molecule has 72 valence electrons. The van der Waals surface area contributed by atoms with Gasteiger partial charge in [-0.1, -0.05) is 6.07 Å². The summed E-state index contributed by atoms with van der Waals surface area (Å²) >= 11 is 3.46. The first-order chi connectivity index (χ1) is 5.90. The zero-order chi connectivity index (χ0) is 10.1. The van der Waals surface area contributed by atoms with Gasteiger partial charge in [-0.25, -0.2) is 0 Å². The summed E-state index contributed by atoms with van der Waals surface area (Å²) in [5.41, 5.74) is -4.36. The van der Waals surface area contributed by atoms with Gasteiger partial charge in [-0.05, 0) is 23.9 Å². The summed E-state index contributed by atoms with van der Waals surface area (Å²) in [6.07, 6.45) is 0. The van der Waals surface area contributed by atoms with Crippen LogP contribution in [0.3, 0.4) is 0 Å². The maximum Gasteiger partial charge on any atom is 0.446 e. The lowest BCUT2D eigenvalue weighted by Gasteiger charge is -2.08. The van der Waals surface area contributed by atoms with Crippen molar-refractivity contribution in [2.45, 2.75) is 15.3 Å². The van der Waals surface area contributed by atoms with Gasteiger partial charge in [0.25, 0.3) is 0 Å². The lowest BCUT2D eigenvalue weighted by Crippen LogP contribution is -1.99. The summed E-state index contributed by atoms with van der Waals surface area (Å²) in [5.74, 6) is -0.252. The van der Waals surface area contributed by atoms with Crippen LogP contribution in [0.5, 0.6) is 5.75 Å². The molecule has 1 rings (SSSR count). The van der Waals surface area contributed by atoms with Gasteiger partial charge in [-0.15, -0.1) is 12.6 Å². The largest absolute Gasteiger partial charge is 0.507 e. The van der Waals surface area contributed by atoms with Gasteiger partial charge in [0.05, 0.1) is 4.90 Å². The maximum atomic E-state index is 11.9. The molecule has 1 N–H and O–H groups in total. The number of alkyl halides is 3. The third-order valence-electron chi connectivity index (χ3n) is 1.20. The number of hydrogen-bond donors (Lipinski definition) is 2. The Labute approximate surface area is 82.4 Å². The highest BCUT2D eigenvalue weighted by molar-refractivity contribution is 8.00. The molecule has 0 aliphatic carbocycles. The number of phenols is 1. The van der Waals surface area contributed by atoms with E-state index < -0.39 is 5.51 Å². The lowest BCUT2D eigenvalue weighted by molar-refractivity contribution is -0.0328. The predicted molar refractivity (Wildman–Crippen MR) is 47.3 cm³/mol. The lowest BCUT2D eigenvalue weighted by atomic mass is 10.3. The number of phenolic OH excluding ortho intramolecular Hbond substituents is 1. The van der Waals surface area contributed by atoms with Gasteiger partial charge in [0, 0.05) is 4.90 Å². The molecule has 0 aliphatic heterocycles. The monoisotopic (exact) mass is 226 g/mol. The molecular formula is C7H5F3OS2. The highest BCUT2D eigenvalue weighted by Crippen LogP contribution is 2.41. The van der Waals surface area contributed by atoms with Crippen molar-refractivity contribution in [3.8, 4) is 5.75 Å². The van der Waals surface area contributed by atoms with Gasteiger partial charge in [-0.2, -0.15) is 13.2 Å². The molecule has 0 saturated heterocycles. The van der Waals surface area contributed by atoms with E-state index in [1.807, 2.05) is 0 Å². The zero-order valence-electron chi connectivity index (χ0n) is 6.17. The fraction of sp³-hybridized carbons (Fsp3) is 0.143. The molecule has 1 nitrogen and oxygen atoms in total. The van der Waals surface area contributed by atoms with Crippen LogP contribution in [0.15, 0.2) is 28.0 Å². The van der Waals surface area contributed by atoms with E-state index in [4.69, 9.17) is 5.11 Å². The van der Waals surface area contributed by atoms with Crippen molar-refractivity contribution >= 4 is 24.4 Å². The molecule has 0 heterocycles. The summed E-state index contributed by atoms with van der Waals surface area (Å²) in [6, 6.07) is 3.87. The molecule has 0 unspecified atom stereocenters. The van der Waals surface area contributed by atoms with E-state index in [0.717, 1.165) is 0 Å². The van der Waals surface area contributed by atoms with Crippen molar-refractivity contribution in [1.29, 1.82) is 0 Å². The molecule has 0 amide bonds. The molecule has 0 fully saturated rings. The number of benzene rings is 1. The van der Waals surface area contributed by atoms with Crippen LogP contribution in [0.2, 0.25) is 0 Å². The van der Waals surface area contributed by atoms with Gasteiger partial charge >= 0.3 is 5.51 Å². The standard InChI is InChI=1S/C7H5F3OS2/c8-7(9,10)13-5-3-1-2-4(11)6(5)12/h1-3,11-12H. The third kappa shape index (κ3) is 3.04. The Balaban J connectivity index is 2.96. The van der Waals surface area contributed by atoms with Crippen molar-refractivity contribution in [1.82, 2.24) is 0 Å². The van der Waals surface area contributed by atoms with Crippen LogP contribution in [0.1, 0.15) is 0 Å². The maximum absolute atomic E-state index is 11.9. The molecule has 0 aliphatic rings. The van der Waals surface area contributed by atoms with E-state index in [2.05, 4.69) is 12.6 Å². The van der Waals surface area contributed by atoms with Gasteiger partial charge < -0.3 is 5.11 Å². The quantitative estimate of drug-likeness (QED) is 0.566. The van der Waals surface area contributed by atoms with Crippen LogP contribution in [0.4, 0.5) is 13.2 Å². The highest BCUT2D eigenvalue weighted by atomic mass is 32.2. The number of hydrogen-bond acceptors (Lipinski definition) is 3. The number of thiol groups is 1. The summed E-state index contributed by atoms with van der Waals surface area (Å²) < 4.78 is 35.7. The Hall–Kier alpha value is -0.490. The highest BCUT2D eigenvalue weighted by Gasteiger charge is 2.30. The topological polar surface area (TPSA) is 20.2 Å². The van der Waals surface area contributed by atoms with Crippen LogP contribution in [-0.4, -0.2) is 10.6 Å². The predicted octanol–water partition coefficient (Wildman–Crippen LogP) is 3.29.